The second kappa shape index (κ2) is 7.26. The summed E-state index contributed by atoms with van der Waals surface area (Å²) >= 11 is 0. The van der Waals surface area contributed by atoms with Crippen molar-refractivity contribution in [1.82, 2.24) is 24.1 Å². The number of hydrogen-bond acceptors (Lipinski definition) is 4. The number of aryl methyl sites for hydroxylation is 1. The average Bonchev–Trinajstić information content (AvgIpc) is 3.35. The standard InChI is InChI=1S/C22H18F2N6O2/c1-28-19(16(10-25-28)21(32)30-12-22(23,24)13-30)20(31)26-15-7-8-29-11-17(27-18(29)9-15)14-5-3-2-4-6-14/h2-11H,12-13H2,1H3,(H,26,31). The summed E-state index contributed by atoms with van der Waals surface area (Å²) in [4.78, 5) is 31.1. The van der Waals surface area contributed by atoms with E-state index in [0.29, 0.717) is 11.3 Å². The molecule has 162 valence electrons. The van der Waals surface area contributed by atoms with Crippen molar-refractivity contribution < 1.29 is 18.4 Å². The highest BCUT2D eigenvalue weighted by molar-refractivity contribution is 6.11. The summed E-state index contributed by atoms with van der Waals surface area (Å²) < 4.78 is 29.4. The molecule has 4 aromatic rings. The maximum absolute atomic E-state index is 13.2. The van der Waals surface area contributed by atoms with Gasteiger partial charge in [-0.15, -0.1) is 0 Å². The van der Waals surface area contributed by atoms with Gasteiger partial charge in [0.1, 0.15) is 11.3 Å². The van der Waals surface area contributed by atoms with E-state index >= 15 is 0 Å². The smallest absolute Gasteiger partial charge is 0.282 e. The number of amides is 2. The van der Waals surface area contributed by atoms with Crippen molar-refractivity contribution in [3.8, 4) is 11.3 Å². The molecule has 1 aromatic carbocycles. The molecule has 0 unspecified atom stereocenters. The Bertz CT molecular complexity index is 1340. The number of hydrogen-bond donors (Lipinski definition) is 1. The molecule has 0 bridgehead atoms. The number of pyridine rings is 1. The Balaban J connectivity index is 1.38. The van der Waals surface area contributed by atoms with Crippen LogP contribution in [0.3, 0.4) is 0 Å². The van der Waals surface area contributed by atoms with Gasteiger partial charge in [0, 0.05) is 36.8 Å². The predicted octanol–water partition coefficient (Wildman–Crippen LogP) is 3.08. The lowest BCUT2D eigenvalue weighted by atomic mass is 10.1. The van der Waals surface area contributed by atoms with Gasteiger partial charge in [0.2, 0.25) is 0 Å². The fraction of sp³-hybridized carbons (Fsp3) is 0.182. The molecule has 8 nitrogen and oxygen atoms in total. The predicted molar refractivity (Wildman–Crippen MR) is 113 cm³/mol. The largest absolute Gasteiger partial charge is 0.326 e. The molecule has 0 saturated carbocycles. The maximum atomic E-state index is 13.2. The Labute approximate surface area is 181 Å². The number of likely N-dealkylation sites (tertiary alicyclic amines) is 1. The van der Waals surface area contributed by atoms with Crippen LogP contribution in [0.1, 0.15) is 20.8 Å². The zero-order valence-corrected chi connectivity index (χ0v) is 17.0. The SMILES string of the molecule is Cn1ncc(C(=O)N2CC(F)(F)C2)c1C(=O)Nc1ccn2cc(-c3ccccc3)nc2c1. The number of alkyl halides is 2. The van der Waals surface area contributed by atoms with Crippen LogP contribution in [0.25, 0.3) is 16.9 Å². The number of nitrogens with one attached hydrogen (secondary N) is 1. The van der Waals surface area contributed by atoms with Gasteiger partial charge in [0.25, 0.3) is 17.7 Å². The summed E-state index contributed by atoms with van der Waals surface area (Å²) in [6.07, 6.45) is 4.87. The van der Waals surface area contributed by atoms with Gasteiger partial charge in [0.05, 0.1) is 30.5 Å². The molecule has 10 heteroatoms. The van der Waals surface area contributed by atoms with Gasteiger partial charge >= 0.3 is 0 Å². The molecule has 0 radical (unpaired) electrons. The van der Waals surface area contributed by atoms with Crippen molar-refractivity contribution in [2.24, 2.45) is 7.05 Å². The van der Waals surface area contributed by atoms with Crippen molar-refractivity contribution in [2.45, 2.75) is 5.92 Å². The van der Waals surface area contributed by atoms with Crippen LogP contribution in [0, 0.1) is 0 Å². The Hall–Kier alpha value is -4.08. The lowest BCUT2D eigenvalue weighted by molar-refractivity contribution is -0.113. The number of aromatic nitrogens is 4. The first-order valence-electron chi connectivity index (χ1n) is 9.85. The van der Waals surface area contributed by atoms with Crippen molar-refractivity contribution in [3.63, 3.8) is 0 Å². The fourth-order valence-electron chi connectivity index (χ4n) is 3.69. The van der Waals surface area contributed by atoms with Crippen LogP contribution in [0.5, 0.6) is 0 Å². The molecular formula is C22H18F2N6O2. The number of anilines is 1. The number of imidazole rings is 1. The Kier molecular flexibility index (Phi) is 4.50. The number of fused-ring (bicyclic) bond motifs is 1. The first kappa shape index (κ1) is 19.9. The summed E-state index contributed by atoms with van der Waals surface area (Å²) in [6.45, 7) is -1.33. The summed E-state index contributed by atoms with van der Waals surface area (Å²) in [7, 11) is 1.51. The highest BCUT2D eigenvalue weighted by atomic mass is 19.3. The lowest BCUT2D eigenvalue weighted by Crippen LogP contribution is -2.58. The third kappa shape index (κ3) is 3.49. The zero-order chi connectivity index (χ0) is 22.5. The summed E-state index contributed by atoms with van der Waals surface area (Å²) in [5, 5.41) is 6.71. The molecule has 4 heterocycles. The maximum Gasteiger partial charge on any atom is 0.282 e. The van der Waals surface area contributed by atoms with E-state index in [-0.39, 0.29) is 11.3 Å². The third-order valence-corrected chi connectivity index (χ3v) is 5.30. The molecule has 1 fully saturated rings. The first-order valence-corrected chi connectivity index (χ1v) is 9.85. The lowest BCUT2D eigenvalue weighted by Gasteiger charge is -2.38. The van der Waals surface area contributed by atoms with Crippen LogP contribution in [-0.4, -0.2) is 54.9 Å². The molecule has 1 aliphatic rings. The molecule has 1 aliphatic heterocycles. The summed E-state index contributed by atoms with van der Waals surface area (Å²) in [6, 6.07) is 13.1. The van der Waals surface area contributed by atoms with Gasteiger partial charge in [-0.2, -0.15) is 5.10 Å². The number of halogens is 2. The van der Waals surface area contributed by atoms with E-state index < -0.39 is 30.8 Å². The minimum atomic E-state index is -2.89. The number of carbonyl (C=O) groups excluding carboxylic acids is 2. The molecule has 0 aliphatic carbocycles. The van der Waals surface area contributed by atoms with Gasteiger partial charge in [-0.25, -0.2) is 13.8 Å². The van der Waals surface area contributed by atoms with Crippen molar-refractivity contribution in [1.29, 1.82) is 0 Å². The van der Waals surface area contributed by atoms with Crippen LogP contribution in [-0.2, 0) is 7.05 Å². The fourth-order valence-corrected chi connectivity index (χ4v) is 3.69. The highest BCUT2D eigenvalue weighted by Gasteiger charge is 2.47. The normalized spacial score (nSPS) is 14.9. The third-order valence-electron chi connectivity index (χ3n) is 5.30. The molecule has 1 saturated heterocycles. The van der Waals surface area contributed by atoms with Crippen molar-refractivity contribution >= 4 is 23.1 Å². The van der Waals surface area contributed by atoms with Crippen LogP contribution in [0.15, 0.2) is 61.1 Å². The Morgan fingerprint density at radius 3 is 2.59 bits per heavy atom. The van der Waals surface area contributed by atoms with Crippen molar-refractivity contribution in [3.05, 3.63) is 72.3 Å². The van der Waals surface area contributed by atoms with Crippen molar-refractivity contribution in [2.75, 3.05) is 18.4 Å². The Morgan fingerprint density at radius 2 is 1.88 bits per heavy atom. The molecule has 5 rings (SSSR count). The molecule has 0 spiro atoms. The number of rotatable bonds is 4. The van der Waals surface area contributed by atoms with Gasteiger partial charge < -0.3 is 14.6 Å². The van der Waals surface area contributed by atoms with Crippen LogP contribution >= 0.6 is 0 Å². The zero-order valence-electron chi connectivity index (χ0n) is 17.0. The average molecular weight is 436 g/mol. The van der Waals surface area contributed by atoms with E-state index in [2.05, 4.69) is 15.4 Å². The molecule has 1 N–H and O–H groups in total. The van der Waals surface area contributed by atoms with Crippen LogP contribution in [0.4, 0.5) is 14.5 Å². The van der Waals surface area contributed by atoms with E-state index in [4.69, 9.17) is 0 Å². The molecule has 3 aromatic heterocycles. The van der Waals surface area contributed by atoms with E-state index in [0.717, 1.165) is 16.2 Å². The highest BCUT2D eigenvalue weighted by Crippen LogP contribution is 2.29. The van der Waals surface area contributed by atoms with Crippen LogP contribution < -0.4 is 5.32 Å². The summed E-state index contributed by atoms with van der Waals surface area (Å²) in [5.41, 5.74) is 2.84. The second-order valence-electron chi connectivity index (χ2n) is 7.67. The first-order chi connectivity index (χ1) is 15.3. The van der Waals surface area contributed by atoms with Gasteiger partial charge in [-0.3, -0.25) is 14.3 Å². The molecule has 0 atom stereocenters. The topological polar surface area (TPSA) is 84.5 Å². The number of carbonyl (C=O) groups is 2. The minimum Gasteiger partial charge on any atom is -0.326 e. The number of benzene rings is 1. The van der Waals surface area contributed by atoms with Crippen LogP contribution in [0.2, 0.25) is 0 Å². The second-order valence-corrected chi connectivity index (χ2v) is 7.67. The molecular weight excluding hydrogens is 418 g/mol. The summed E-state index contributed by atoms with van der Waals surface area (Å²) in [5.74, 6) is -4.11. The van der Waals surface area contributed by atoms with E-state index in [9.17, 15) is 18.4 Å². The monoisotopic (exact) mass is 436 g/mol. The van der Waals surface area contributed by atoms with Gasteiger partial charge in [-0.05, 0) is 6.07 Å². The van der Waals surface area contributed by atoms with E-state index in [1.807, 2.05) is 40.9 Å². The van der Waals surface area contributed by atoms with E-state index in [1.165, 1.54) is 17.9 Å². The van der Waals surface area contributed by atoms with Gasteiger partial charge in [-0.1, -0.05) is 30.3 Å². The Morgan fingerprint density at radius 1 is 1.12 bits per heavy atom. The quantitative estimate of drug-likeness (QED) is 0.533. The molecule has 2 amide bonds. The van der Waals surface area contributed by atoms with Gasteiger partial charge in [0.15, 0.2) is 0 Å². The van der Waals surface area contributed by atoms with E-state index in [1.54, 1.807) is 18.3 Å². The number of nitrogens with zero attached hydrogens (tertiary/aromatic N) is 5. The molecule has 32 heavy (non-hydrogen) atoms. The minimum absolute atomic E-state index is 0.00148.